The summed E-state index contributed by atoms with van der Waals surface area (Å²) in [6.45, 7) is 7.38. The van der Waals surface area contributed by atoms with Crippen molar-refractivity contribution in [2.75, 3.05) is 13.2 Å². The zero-order valence-corrected chi connectivity index (χ0v) is 11.4. The molecule has 2 rings (SSSR count). The molecule has 4 heteroatoms. The molecule has 1 amide bonds. The van der Waals surface area contributed by atoms with E-state index in [1.807, 2.05) is 26.8 Å². The van der Waals surface area contributed by atoms with Gasteiger partial charge in [-0.1, -0.05) is 13.8 Å². The monoisotopic (exact) mass is 250 g/mol. The lowest BCUT2D eigenvalue weighted by molar-refractivity contribution is 0.0696. The first-order valence-corrected chi connectivity index (χ1v) is 6.56. The molecular formula is C14H22N2O2. The van der Waals surface area contributed by atoms with Crippen LogP contribution in [0.15, 0.2) is 18.5 Å². The second kappa shape index (κ2) is 7.82. The van der Waals surface area contributed by atoms with Gasteiger partial charge in [0.15, 0.2) is 0 Å². The Balaban J connectivity index is 0.000000771. The Hall–Kier alpha value is -1.42. The van der Waals surface area contributed by atoms with Crippen molar-refractivity contribution in [3.63, 3.8) is 0 Å². The van der Waals surface area contributed by atoms with Crippen LogP contribution < -0.4 is 5.32 Å². The number of pyridine rings is 1. The zero-order chi connectivity index (χ0) is 13.4. The van der Waals surface area contributed by atoms with Crippen LogP contribution in [-0.2, 0) is 4.74 Å². The lowest BCUT2D eigenvalue weighted by Gasteiger charge is -2.23. The van der Waals surface area contributed by atoms with Crippen molar-refractivity contribution in [2.24, 2.45) is 0 Å². The minimum atomic E-state index is -0.0301. The number of aromatic nitrogens is 1. The Kier molecular flexibility index (Phi) is 6.36. The summed E-state index contributed by atoms with van der Waals surface area (Å²) < 4.78 is 5.25. The molecule has 0 atom stereocenters. The van der Waals surface area contributed by atoms with Gasteiger partial charge < -0.3 is 10.1 Å². The predicted molar refractivity (Wildman–Crippen MR) is 71.6 cm³/mol. The summed E-state index contributed by atoms with van der Waals surface area (Å²) in [6.07, 6.45) is 5.10. The van der Waals surface area contributed by atoms with Crippen molar-refractivity contribution in [3.05, 3.63) is 29.6 Å². The summed E-state index contributed by atoms with van der Waals surface area (Å²) in [4.78, 5) is 15.9. The summed E-state index contributed by atoms with van der Waals surface area (Å²) in [5.74, 6) is -0.0301. The molecule has 1 aromatic rings. The van der Waals surface area contributed by atoms with Crippen LogP contribution in [0.1, 0.15) is 42.6 Å². The van der Waals surface area contributed by atoms with Crippen LogP contribution in [0.25, 0.3) is 0 Å². The fourth-order valence-corrected chi connectivity index (χ4v) is 1.81. The highest BCUT2D eigenvalue weighted by atomic mass is 16.5. The van der Waals surface area contributed by atoms with E-state index in [1.165, 1.54) is 0 Å². The molecule has 0 aromatic carbocycles. The second-order valence-electron chi connectivity index (χ2n) is 4.05. The number of carbonyl (C=O) groups excluding carboxylic acids is 1. The van der Waals surface area contributed by atoms with Crippen LogP contribution in [0.2, 0.25) is 0 Å². The van der Waals surface area contributed by atoms with E-state index in [-0.39, 0.29) is 11.9 Å². The maximum absolute atomic E-state index is 11.9. The number of hydrogen-bond donors (Lipinski definition) is 1. The van der Waals surface area contributed by atoms with Gasteiger partial charge in [0.05, 0.1) is 5.56 Å². The van der Waals surface area contributed by atoms with Gasteiger partial charge in [0.25, 0.3) is 5.91 Å². The van der Waals surface area contributed by atoms with E-state index in [2.05, 4.69) is 10.3 Å². The Labute approximate surface area is 109 Å². The van der Waals surface area contributed by atoms with Gasteiger partial charge in [-0.05, 0) is 31.4 Å². The number of hydrogen-bond acceptors (Lipinski definition) is 3. The molecule has 1 saturated heterocycles. The molecule has 0 unspecified atom stereocenters. The molecule has 18 heavy (non-hydrogen) atoms. The largest absolute Gasteiger partial charge is 0.381 e. The highest BCUT2D eigenvalue weighted by molar-refractivity contribution is 5.95. The average molecular weight is 250 g/mol. The maximum Gasteiger partial charge on any atom is 0.253 e. The second-order valence-corrected chi connectivity index (χ2v) is 4.05. The molecule has 0 saturated carbocycles. The van der Waals surface area contributed by atoms with Crippen LogP contribution >= 0.6 is 0 Å². The third-order valence-electron chi connectivity index (χ3n) is 2.84. The van der Waals surface area contributed by atoms with Gasteiger partial charge in [0.2, 0.25) is 0 Å². The summed E-state index contributed by atoms with van der Waals surface area (Å²) >= 11 is 0. The number of aryl methyl sites for hydroxylation is 1. The van der Waals surface area contributed by atoms with E-state index in [0.717, 1.165) is 31.6 Å². The minimum absolute atomic E-state index is 0.0301. The van der Waals surface area contributed by atoms with Crippen molar-refractivity contribution in [1.82, 2.24) is 10.3 Å². The molecule has 0 aliphatic carbocycles. The Morgan fingerprint density at radius 2 is 2.06 bits per heavy atom. The number of nitrogens with one attached hydrogen (secondary N) is 1. The standard InChI is InChI=1S/C12H16N2O2.C2H6/c1-9-2-5-13-8-11(9)12(15)14-10-3-6-16-7-4-10;1-2/h2,5,8,10H,3-4,6-7H2,1H3,(H,14,15);1-2H3. The van der Waals surface area contributed by atoms with Crippen molar-refractivity contribution < 1.29 is 9.53 Å². The van der Waals surface area contributed by atoms with Crippen LogP contribution in [0.3, 0.4) is 0 Å². The van der Waals surface area contributed by atoms with Crippen molar-refractivity contribution in [1.29, 1.82) is 0 Å². The summed E-state index contributed by atoms with van der Waals surface area (Å²) in [6, 6.07) is 2.08. The van der Waals surface area contributed by atoms with Gasteiger partial charge in [-0.15, -0.1) is 0 Å². The molecule has 1 fully saturated rings. The fourth-order valence-electron chi connectivity index (χ4n) is 1.81. The first-order valence-electron chi connectivity index (χ1n) is 6.56. The van der Waals surface area contributed by atoms with Crippen molar-refractivity contribution in [2.45, 2.75) is 39.7 Å². The molecule has 4 nitrogen and oxygen atoms in total. The fraction of sp³-hybridized carbons (Fsp3) is 0.571. The van der Waals surface area contributed by atoms with Gasteiger partial charge in [0.1, 0.15) is 0 Å². The van der Waals surface area contributed by atoms with Gasteiger partial charge in [0, 0.05) is 31.6 Å². The molecular weight excluding hydrogens is 228 g/mol. The summed E-state index contributed by atoms with van der Waals surface area (Å²) in [5, 5.41) is 3.02. The molecule has 2 heterocycles. The van der Waals surface area contributed by atoms with Gasteiger partial charge >= 0.3 is 0 Å². The third kappa shape index (κ3) is 4.11. The van der Waals surface area contributed by atoms with E-state index in [0.29, 0.717) is 5.56 Å². The number of nitrogens with zero attached hydrogens (tertiary/aromatic N) is 1. The topological polar surface area (TPSA) is 51.2 Å². The smallest absolute Gasteiger partial charge is 0.253 e. The van der Waals surface area contributed by atoms with Crippen LogP contribution in [0, 0.1) is 6.92 Å². The van der Waals surface area contributed by atoms with Crippen molar-refractivity contribution in [3.8, 4) is 0 Å². The lowest BCUT2D eigenvalue weighted by Crippen LogP contribution is -2.39. The third-order valence-corrected chi connectivity index (χ3v) is 2.84. The normalized spacial score (nSPS) is 15.5. The maximum atomic E-state index is 11.9. The van der Waals surface area contributed by atoms with E-state index in [9.17, 15) is 4.79 Å². The first-order chi connectivity index (χ1) is 8.77. The number of carbonyl (C=O) groups is 1. The van der Waals surface area contributed by atoms with Crippen LogP contribution in [0.5, 0.6) is 0 Å². The molecule has 100 valence electrons. The average Bonchev–Trinajstić information content (AvgIpc) is 2.42. The molecule has 0 bridgehead atoms. The number of ether oxygens (including phenoxy) is 1. The molecule has 1 aromatic heterocycles. The van der Waals surface area contributed by atoms with Gasteiger partial charge in [-0.3, -0.25) is 9.78 Å². The Morgan fingerprint density at radius 3 is 2.67 bits per heavy atom. The van der Waals surface area contributed by atoms with E-state index < -0.39 is 0 Å². The van der Waals surface area contributed by atoms with Gasteiger partial charge in [-0.2, -0.15) is 0 Å². The Bertz CT molecular complexity index is 374. The number of rotatable bonds is 2. The SMILES string of the molecule is CC.Cc1ccncc1C(=O)NC1CCOCC1. The zero-order valence-electron chi connectivity index (χ0n) is 11.4. The molecule has 1 N–H and O–H groups in total. The number of amides is 1. The Morgan fingerprint density at radius 1 is 1.39 bits per heavy atom. The van der Waals surface area contributed by atoms with E-state index in [4.69, 9.17) is 4.74 Å². The highest BCUT2D eigenvalue weighted by Crippen LogP contribution is 2.09. The lowest BCUT2D eigenvalue weighted by atomic mass is 10.1. The predicted octanol–water partition coefficient (Wildman–Crippen LogP) is 2.33. The molecule has 0 spiro atoms. The van der Waals surface area contributed by atoms with E-state index in [1.54, 1.807) is 12.4 Å². The van der Waals surface area contributed by atoms with Crippen molar-refractivity contribution >= 4 is 5.91 Å². The van der Waals surface area contributed by atoms with Crippen LogP contribution in [0.4, 0.5) is 0 Å². The first kappa shape index (κ1) is 14.6. The quantitative estimate of drug-likeness (QED) is 0.876. The van der Waals surface area contributed by atoms with Crippen LogP contribution in [-0.4, -0.2) is 30.1 Å². The highest BCUT2D eigenvalue weighted by Gasteiger charge is 2.17. The summed E-state index contributed by atoms with van der Waals surface area (Å²) in [5.41, 5.74) is 1.62. The minimum Gasteiger partial charge on any atom is -0.381 e. The van der Waals surface area contributed by atoms with Gasteiger partial charge in [-0.25, -0.2) is 0 Å². The van der Waals surface area contributed by atoms with E-state index >= 15 is 0 Å². The summed E-state index contributed by atoms with van der Waals surface area (Å²) in [7, 11) is 0. The molecule has 1 aliphatic rings. The molecule has 1 aliphatic heterocycles. The molecule has 0 radical (unpaired) electrons.